The van der Waals surface area contributed by atoms with Gasteiger partial charge in [0.2, 0.25) is 10.0 Å². The Balaban J connectivity index is 2.40. The van der Waals surface area contributed by atoms with E-state index in [-0.39, 0.29) is 17.1 Å². The molecule has 0 aromatic heterocycles. The molecule has 1 heterocycles. The van der Waals surface area contributed by atoms with Crippen molar-refractivity contribution < 1.29 is 22.7 Å². The van der Waals surface area contributed by atoms with Gasteiger partial charge in [-0.2, -0.15) is 0 Å². The molecule has 0 saturated carbocycles. The quantitative estimate of drug-likeness (QED) is 0.800. The zero-order valence-electron chi connectivity index (χ0n) is 12.4. The van der Waals surface area contributed by atoms with Crippen molar-refractivity contribution in [2.24, 2.45) is 5.14 Å². The summed E-state index contributed by atoms with van der Waals surface area (Å²) in [5, 5.41) is 5.14. The molecule has 1 aromatic rings. The molecule has 0 atom stereocenters. The molecule has 1 fully saturated rings. The fraction of sp³-hybridized carbons (Fsp3) is 0.500. The van der Waals surface area contributed by atoms with Crippen molar-refractivity contribution in [1.29, 1.82) is 0 Å². The molecule has 0 aliphatic carbocycles. The van der Waals surface area contributed by atoms with Crippen LogP contribution in [0.3, 0.4) is 0 Å². The molecular formula is C14H20N2O5S. The molecule has 0 amide bonds. The van der Waals surface area contributed by atoms with E-state index >= 15 is 0 Å². The van der Waals surface area contributed by atoms with Gasteiger partial charge in [0.05, 0.1) is 36.0 Å². The first-order valence-corrected chi connectivity index (χ1v) is 8.64. The highest BCUT2D eigenvalue weighted by atomic mass is 32.2. The maximum atomic E-state index is 12.2. The summed E-state index contributed by atoms with van der Waals surface area (Å²) in [6.45, 7) is 4.53. The van der Waals surface area contributed by atoms with Crippen molar-refractivity contribution in [3.05, 3.63) is 23.8 Å². The molecule has 0 bridgehead atoms. The van der Waals surface area contributed by atoms with Crippen molar-refractivity contribution >= 4 is 21.7 Å². The number of hydrogen-bond acceptors (Lipinski definition) is 6. The standard InChI is InChI=1S/C14H20N2O5S/c1-2-7-21-14(17)12-10-11(22(15,18)19)3-4-13(12)16-5-8-20-9-6-16/h3-4,10H,2,5-9H2,1H3,(H2,15,18,19). The van der Waals surface area contributed by atoms with Crippen molar-refractivity contribution in [3.8, 4) is 0 Å². The summed E-state index contributed by atoms with van der Waals surface area (Å²) in [5.41, 5.74) is 0.846. The fourth-order valence-electron chi connectivity index (χ4n) is 2.21. The lowest BCUT2D eigenvalue weighted by atomic mass is 10.1. The smallest absolute Gasteiger partial charge is 0.340 e. The van der Waals surface area contributed by atoms with Gasteiger partial charge < -0.3 is 14.4 Å². The van der Waals surface area contributed by atoms with E-state index in [1.54, 1.807) is 6.07 Å². The zero-order valence-corrected chi connectivity index (χ0v) is 13.3. The van der Waals surface area contributed by atoms with Gasteiger partial charge in [0, 0.05) is 13.1 Å². The number of benzene rings is 1. The Bertz CT molecular complexity index is 639. The van der Waals surface area contributed by atoms with Gasteiger partial charge in [0.25, 0.3) is 0 Å². The topological polar surface area (TPSA) is 98.9 Å². The van der Waals surface area contributed by atoms with Crippen LogP contribution in [-0.2, 0) is 19.5 Å². The van der Waals surface area contributed by atoms with Crippen LogP contribution < -0.4 is 10.0 Å². The van der Waals surface area contributed by atoms with Gasteiger partial charge in [0.15, 0.2) is 0 Å². The molecule has 0 unspecified atom stereocenters. The molecule has 22 heavy (non-hydrogen) atoms. The number of esters is 1. The van der Waals surface area contributed by atoms with Crippen LogP contribution in [-0.4, -0.2) is 47.3 Å². The predicted octanol–water partition coefficient (Wildman–Crippen LogP) is 0.737. The van der Waals surface area contributed by atoms with Crippen LogP contribution >= 0.6 is 0 Å². The third kappa shape index (κ3) is 3.96. The number of sulfonamides is 1. The highest BCUT2D eigenvalue weighted by Gasteiger charge is 2.22. The number of primary sulfonamides is 1. The second-order valence-corrected chi connectivity index (χ2v) is 6.52. The summed E-state index contributed by atoms with van der Waals surface area (Å²) in [4.78, 5) is 14.1. The van der Waals surface area contributed by atoms with Crippen molar-refractivity contribution in [2.75, 3.05) is 37.8 Å². The molecule has 2 N–H and O–H groups in total. The van der Waals surface area contributed by atoms with Gasteiger partial charge in [-0.05, 0) is 24.6 Å². The number of ether oxygens (including phenoxy) is 2. The minimum atomic E-state index is -3.88. The zero-order chi connectivity index (χ0) is 16.2. The number of morpholine rings is 1. The second-order valence-electron chi connectivity index (χ2n) is 4.96. The average Bonchev–Trinajstić information content (AvgIpc) is 2.52. The summed E-state index contributed by atoms with van der Waals surface area (Å²) in [5.74, 6) is -0.547. The summed E-state index contributed by atoms with van der Waals surface area (Å²) in [6.07, 6.45) is 0.688. The van der Waals surface area contributed by atoms with E-state index in [2.05, 4.69) is 0 Å². The lowest BCUT2D eigenvalue weighted by molar-refractivity contribution is 0.0504. The molecule has 1 saturated heterocycles. The van der Waals surface area contributed by atoms with Crippen molar-refractivity contribution in [1.82, 2.24) is 0 Å². The molecule has 1 aliphatic heterocycles. The Morgan fingerprint density at radius 3 is 2.64 bits per heavy atom. The van der Waals surface area contributed by atoms with Crippen molar-refractivity contribution in [2.45, 2.75) is 18.2 Å². The SMILES string of the molecule is CCCOC(=O)c1cc(S(N)(=O)=O)ccc1N1CCOCC1. The summed E-state index contributed by atoms with van der Waals surface area (Å²) in [7, 11) is -3.88. The molecule has 0 radical (unpaired) electrons. The third-order valence-corrected chi connectivity index (χ3v) is 4.22. The molecule has 0 spiro atoms. The van der Waals surface area contributed by atoms with E-state index in [1.807, 2.05) is 11.8 Å². The largest absolute Gasteiger partial charge is 0.462 e. The normalized spacial score (nSPS) is 15.6. The first-order chi connectivity index (χ1) is 10.4. The molecule has 7 nitrogen and oxygen atoms in total. The van der Waals surface area contributed by atoms with Gasteiger partial charge in [-0.1, -0.05) is 6.92 Å². The fourth-order valence-corrected chi connectivity index (χ4v) is 2.75. The third-order valence-electron chi connectivity index (χ3n) is 3.31. The minimum Gasteiger partial charge on any atom is -0.462 e. The van der Waals surface area contributed by atoms with Gasteiger partial charge in [0.1, 0.15) is 0 Å². The van der Waals surface area contributed by atoms with Crippen LogP contribution in [0.1, 0.15) is 23.7 Å². The highest BCUT2D eigenvalue weighted by Crippen LogP contribution is 2.25. The highest BCUT2D eigenvalue weighted by molar-refractivity contribution is 7.89. The van der Waals surface area contributed by atoms with E-state index in [9.17, 15) is 13.2 Å². The maximum Gasteiger partial charge on any atom is 0.340 e. The van der Waals surface area contributed by atoms with E-state index < -0.39 is 16.0 Å². The van der Waals surface area contributed by atoms with E-state index in [4.69, 9.17) is 14.6 Å². The number of anilines is 1. The number of hydrogen-bond donors (Lipinski definition) is 1. The second kappa shape index (κ2) is 7.08. The molecule has 2 rings (SSSR count). The monoisotopic (exact) mass is 328 g/mol. The summed E-state index contributed by atoms with van der Waals surface area (Å²) < 4.78 is 33.4. The first kappa shape index (κ1) is 16.7. The number of carbonyl (C=O) groups is 1. The van der Waals surface area contributed by atoms with Gasteiger partial charge in [-0.25, -0.2) is 18.4 Å². The first-order valence-electron chi connectivity index (χ1n) is 7.10. The van der Waals surface area contributed by atoms with E-state index in [0.29, 0.717) is 38.4 Å². The number of nitrogens with zero attached hydrogens (tertiary/aromatic N) is 1. The Labute approximate surface area is 130 Å². The van der Waals surface area contributed by atoms with Crippen LogP contribution in [0.4, 0.5) is 5.69 Å². The van der Waals surface area contributed by atoms with Crippen LogP contribution in [0.2, 0.25) is 0 Å². The molecule has 1 aliphatic rings. The maximum absolute atomic E-state index is 12.2. The van der Waals surface area contributed by atoms with Crippen LogP contribution in [0.25, 0.3) is 0 Å². The molecule has 1 aromatic carbocycles. The summed E-state index contributed by atoms with van der Waals surface area (Å²) in [6, 6.07) is 4.27. The van der Waals surface area contributed by atoms with Crippen LogP contribution in [0, 0.1) is 0 Å². The predicted molar refractivity (Wildman–Crippen MR) is 81.4 cm³/mol. The Morgan fingerprint density at radius 2 is 2.05 bits per heavy atom. The lowest BCUT2D eigenvalue weighted by Crippen LogP contribution is -2.37. The van der Waals surface area contributed by atoms with Gasteiger partial charge >= 0.3 is 5.97 Å². The molecular weight excluding hydrogens is 308 g/mol. The number of carbonyl (C=O) groups excluding carboxylic acids is 1. The van der Waals surface area contributed by atoms with Crippen molar-refractivity contribution in [3.63, 3.8) is 0 Å². The lowest BCUT2D eigenvalue weighted by Gasteiger charge is -2.30. The van der Waals surface area contributed by atoms with Crippen LogP contribution in [0.5, 0.6) is 0 Å². The van der Waals surface area contributed by atoms with Gasteiger partial charge in [-0.3, -0.25) is 0 Å². The molecule has 122 valence electrons. The number of rotatable bonds is 5. The van der Waals surface area contributed by atoms with E-state index in [1.165, 1.54) is 12.1 Å². The number of nitrogens with two attached hydrogens (primary N) is 1. The van der Waals surface area contributed by atoms with Crippen LogP contribution in [0.15, 0.2) is 23.1 Å². The Hall–Kier alpha value is -1.64. The minimum absolute atomic E-state index is 0.104. The Kier molecular flexibility index (Phi) is 5.38. The summed E-state index contributed by atoms with van der Waals surface area (Å²) >= 11 is 0. The average molecular weight is 328 g/mol. The van der Waals surface area contributed by atoms with Gasteiger partial charge in [-0.15, -0.1) is 0 Å². The molecule has 8 heteroatoms. The Morgan fingerprint density at radius 1 is 1.36 bits per heavy atom. The van der Waals surface area contributed by atoms with E-state index in [0.717, 1.165) is 0 Å².